The summed E-state index contributed by atoms with van der Waals surface area (Å²) in [5, 5.41) is 0. The van der Waals surface area contributed by atoms with Crippen molar-refractivity contribution in [3.8, 4) is 0 Å². The highest BCUT2D eigenvalue weighted by molar-refractivity contribution is 5.18. The van der Waals surface area contributed by atoms with Crippen molar-refractivity contribution >= 4 is 0 Å². The van der Waals surface area contributed by atoms with Crippen molar-refractivity contribution in [2.75, 3.05) is 0 Å². The van der Waals surface area contributed by atoms with Gasteiger partial charge in [0.05, 0.1) is 0 Å². The van der Waals surface area contributed by atoms with E-state index < -0.39 is 0 Å². The van der Waals surface area contributed by atoms with Gasteiger partial charge in [-0.05, 0) is 30.3 Å². The average molecular weight is 165 g/mol. The van der Waals surface area contributed by atoms with Gasteiger partial charge in [-0.2, -0.15) is 0 Å². The molecule has 0 aromatic rings. The Kier molecular flexibility index (Phi) is 2.96. The van der Waals surface area contributed by atoms with Gasteiger partial charge in [-0.1, -0.05) is 32.9 Å². The lowest BCUT2D eigenvalue weighted by Gasteiger charge is -2.22. The standard InChI is InChI=1S/C11H19N/c1-8(2)11-7-6-10(12)5-4-9(11)3/h5-9,11H,4,12H2,1-3H3. The molecule has 1 heteroatoms. The Hall–Kier alpha value is -0.720. The van der Waals surface area contributed by atoms with Crippen LogP contribution < -0.4 is 5.73 Å². The van der Waals surface area contributed by atoms with Gasteiger partial charge in [-0.15, -0.1) is 0 Å². The smallest absolute Gasteiger partial charge is 0.0270 e. The van der Waals surface area contributed by atoms with Crippen LogP contribution in [0.25, 0.3) is 0 Å². The minimum absolute atomic E-state index is 0.683. The van der Waals surface area contributed by atoms with Crippen molar-refractivity contribution in [2.45, 2.75) is 27.2 Å². The summed E-state index contributed by atoms with van der Waals surface area (Å²) >= 11 is 0. The van der Waals surface area contributed by atoms with Crippen molar-refractivity contribution in [1.82, 2.24) is 0 Å². The Morgan fingerprint density at radius 1 is 1.50 bits per heavy atom. The first-order valence-corrected chi connectivity index (χ1v) is 4.75. The summed E-state index contributed by atoms with van der Waals surface area (Å²) in [6, 6.07) is 0. The monoisotopic (exact) mass is 165 g/mol. The van der Waals surface area contributed by atoms with Gasteiger partial charge in [0.1, 0.15) is 0 Å². The van der Waals surface area contributed by atoms with Gasteiger partial charge in [-0.3, -0.25) is 0 Å². The van der Waals surface area contributed by atoms with E-state index in [9.17, 15) is 0 Å². The summed E-state index contributed by atoms with van der Waals surface area (Å²) in [5.74, 6) is 2.13. The summed E-state index contributed by atoms with van der Waals surface area (Å²) in [5.41, 5.74) is 6.65. The van der Waals surface area contributed by atoms with Crippen LogP contribution >= 0.6 is 0 Å². The highest BCUT2D eigenvalue weighted by atomic mass is 14.6. The van der Waals surface area contributed by atoms with E-state index in [0.717, 1.165) is 24.0 Å². The minimum atomic E-state index is 0.683. The van der Waals surface area contributed by atoms with Gasteiger partial charge in [-0.25, -0.2) is 0 Å². The van der Waals surface area contributed by atoms with Gasteiger partial charge in [0.25, 0.3) is 0 Å². The summed E-state index contributed by atoms with van der Waals surface area (Å²) in [4.78, 5) is 0. The lowest BCUT2D eigenvalue weighted by molar-refractivity contribution is 0.337. The minimum Gasteiger partial charge on any atom is -0.399 e. The van der Waals surface area contributed by atoms with E-state index in [0.29, 0.717) is 5.92 Å². The number of rotatable bonds is 1. The number of hydrogen-bond donors (Lipinski definition) is 1. The molecule has 1 aliphatic rings. The molecule has 0 aromatic carbocycles. The van der Waals surface area contributed by atoms with E-state index in [1.165, 1.54) is 0 Å². The zero-order valence-electron chi connectivity index (χ0n) is 8.25. The fourth-order valence-electron chi connectivity index (χ4n) is 1.84. The number of hydrogen-bond acceptors (Lipinski definition) is 1. The third-order valence-electron chi connectivity index (χ3n) is 2.66. The van der Waals surface area contributed by atoms with E-state index in [1.807, 2.05) is 6.08 Å². The van der Waals surface area contributed by atoms with Crippen LogP contribution in [-0.4, -0.2) is 0 Å². The highest BCUT2D eigenvalue weighted by Gasteiger charge is 2.18. The lowest BCUT2D eigenvalue weighted by atomic mass is 9.83. The zero-order valence-corrected chi connectivity index (χ0v) is 8.25. The lowest BCUT2D eigenvalue weighted by Crippen LogP contribution is -2.14. The summed E-state index contributed by atoms with van der Waals surface area (Å²) in [7, 11) is 0. The first-order valence-electron chi connectivity index (χ1n) is 4.75. The van der Waals surface area contributed by atoms with E-state index in [2.05, 4.69) is 32.9 Å². The van der Waals surface area contributed by atoms with Crippen LogP contribution in [0.15, 0.2) is 23.9 Å². The van der Waals surface area contributed by atoms with Gasteiger partial charge in [0, 0.05) is 5.70 Å². The first-order chi connectivity index (χ1) is 5.61. The first kappa shape index (κ1) is 9.37. The fourth-order valence-corrected chi connectivity index (χ4v) is 1.84. The van der Waals surface area contributed by atoms with Gasteiger partial charge >= 0.3 is 0 Å². The third-order valence-corrected chi connectivity index (χ3v) is 2.66. The summed E-state index contributed by atoms with van der Waals surface area (Å²) in [6.07, 6.45) is 7.55. The molecule has 68 valence electrons. The molecule has 1 aliphatic carbocycles. The Morgan fingerprint density at radius 3 is 2.75 bits per heavy atom. The second kappa shape index (κ2) is 3.79. The molecule has 0 aliphatic heterocycles. The van der Waals surface area contributed by atoms with E-state index in [-0.39, 0.29) is 0 Å². The van der Waals surface area contributed by atoms with Crippen molar-refractivity contribution in [3.63, 3.8) is 0 Å². The SMILES string of the molecule is CC(C)C1C=CC(N)=CCC1C. The van der Waals surface area contributed by atoms with Gasteiger partial charge in [0.2, 0.25) is 0 Å². The Balaban J connectivity index is 2.72. The van der Waals surface area contributed by atoms with E-state index in [4.69, 9.17) is 5.73 Å². The fraction of sp³-hybridized carbons (Fsp3) is 0.636. The molecule has 2 N–H and O–H groups in total. The summed E-state index contributed by atoms with van der Waals surface area (Å²) in [6.45, 7) is 6.84. The van der Waals surface area contributed by atoms with Crippen molar-refractivity contribution in [1.29, 1.82) is 0 Å². The molecule has 12 heavy (non-hydrogen) atoms. The molecule has 0 saturated heterocycles. The molecule has 0 bridgehead atoms. The quantitative estimate of drug-likeness (QED) is 0.635. The summed E-state index contributed by atoms with van der Waals surface area (Å²) < 4.78 is 0. The zero-order chi connectivity index (χ0) is 9.14. The van der Waals surface area contributed by atoms with Crippen LogP contribution in [-0.2, 0) is 0 Å². The maximum Gasteiger partial charge on any atom is 0.0270 e. The maximum absolute atomic E-state index is 5.73. The predicted molar refractivity (Wildman–Crippen MR) is 53.5 cm³/mol. The normalized spacial score (nSPS) is 30.2. The van der Waals surface area contributed by atoms with Crippen molar-refractivity contribution < 1.29 is 0 Å². The molecule has 0 radical (unpaired) electrons. The molecule has 0 aromatic heterocycles. The van der Waals surface area contributed by atoms with Crippen molar-refractivity contribution in [2.24, 2.45) is 23.5 Å². The Morgan fingerprint density at radius 2 is 2.17 bits per heavy atom. The molecule has 0 spiro atoms. The number of nitrogens with two attached hydrogens (primary N) is 1. The molecular weight excluding hydrogens is 146 g/mol. The molecule has 0 amide bonds. The molecule has 0 saturated carbocycles. The Bertz CT molecular complexity index is 201. The van der Waals surface area contributed by atoms with E-state index >= 15 is 0 Å². The van der Waals surface area contributed by atoms with Crippen LogP contribution in [0.3, 0.4) is 0 Å². The van der Waals surface area contributed by atoms with Crippen LogP contribution in [0.5, 0.6) is 0 Å². The van der Waals surface area contributed by atoms with E-state index in [1.54, 1.807) is 0 Å². The van der Waals surface area contributed by atoms with Gasteiger partial charge < -0.3 is 5.73 Å². The third kappa shape index (κ3) is 2.13. The molecule has 0 fully saturated rings. The topological polar surface area (TPSA) is 26.0 Å². The highest BCUT2D eigenvalue weighted by Crippen LogP contribution is 2.27. The second-order valence-corrected chi connectivity index (χ2v) is 4.10. The van der Waals surface area contributed by atoms with Crippen LogP contribution in [0.4, 0.5) is 0 Å². The van der Waals surface area contributed by atoms with Crippen LogP contribution in [0.1, 0.15) is 27.2 Å². The largest absolute Gasteiger partial charge is 0.399 e. The predicted octanol–water partition coefficient (Wildman–Crippen LogP) is 2.70. The van der Waals surface area contributed by atoms with Crippen LogP contribution in [0.2, 0.25) is 0 Å². The van der Waals surface area contributed by atoms with Crippen LogP contribution in [0, 0.1) is 17.8 Å². The molecule has 2 atom stereocenters. The molecular formula is C11H19N. The number of allylic oxidation sites excluding steroid dienone is 3. The average Bonchev–Trinajstić information content (AvgIpc) is 2.14. The molecule has 2 unspecified atom stereocenters. The van der Waals surface area contributed by atoms with Gasteiger partial charge in [0.15, 0.2) is 0 Å². The molecule has 1 nitrogen and oxygen atoms in total. The van der Waals surface area contributed by atoms with Crippen molar-refractivity contribution in [3.05, 3.63) is 23.9 Å². The second-order valence-electron chi connectivity index (χ2n) is 4.10. The molecule has 0 heterocycles. The Labute approximate surface area is 75.3 Å². The molecule has 1 rings (SSSR count). The maximum atomic E-state index is 5.73.